The van der Waals surface area contributed by atoms with Crippen LogP contribution in [0.5, 0.6) is 0 Å². The topological polar surface area (TPSA) is 54.3 Å². The van der Waals surface area contributed by atoms with Gasteiger partial charge in [0.25, 0.3) is 0 Å². The molecular formula is C19H33N5O. The summed E-state index contributed by atoms with van der Waals surface area (Å²) in [7, 11) is 2.19. The summed E-state index contributed by atoms with van der Waals surface area (Å²) in [6.45, 7) is 8.61. The van der Waals surface area contributed by atoms with E-state index >= 15 is 0 Å². The van der Waals surface area contributed by atoms with Crippen molar-refractivity contribution in [2.75, 3.05) is 20.1 Å². The number of aromatic nitrogens is 3. The standard InChI is InChI=1S/C19H33N5O/c1-5-22(4)17-13-19(10-7-6-8-11-19)23(14-17)18(25)9-12-24-16(3)20-15(2)21-24/h17H,5-14H2,1-4H3/t17-/m1/s1. The van der Waals surface area contributed by atoms with E-state index in [1.165, 1.54) is 32.1 Å². The lowest BCUT2D eigenvalue weighted by Gasteiger charge is -2.41. The molecule has 2 heterocycles. The first-order chi connectivity index (χ1) is 11.9. The molecule has 0 aromatic carbocycles. The highest BCUT2D eigenvalue weighted by Gasteiger charge is 2.48. The SMILES string of the molecule is CCN(C)[C@H]1CN(C(=O)CCn2nc(C)nc2C)C2(CCCCC2)C1. The Morgan fingerprint density at radius 2 is 2.00 bits per heavy atom. The van der Waals surface area contributed by atoms with E-state index in [0.29, 0.717) is 24.9 Å². The minimum Gasteiger partial charge on any atom is -0.335 e. The van der Waals surface area contributed by atoms with Crippen LogP contribution < -0.4 is 0 Å². The van der Waals surface area contributed by atoms with Crippen molar-refractivity contribution >= 4 is 5.91 Å². The molecule has 1 spiro atoms. The molecule has 0 radical (unpaired) electrons. The average molecular weight is 348 g/mol. The highest BCUT2D eigenvalue weighted by Crippen LogP contribution is 2.43. The third kappa shape index (κ3) is 3.73. The second kappa shape index (κ2) is 7.44. The van der Waals surface area contributed by atoms with Gasteiger partial charge in [-0.05, 0) is 46.7 Å². The molecule has 2 aliphatic rings. The first-order valence-corrected chi connectivity index (χ1v) is 9.84. The number of likely N-dealkylation sites (N-methyl/N-ethyl adjacent to an activating group) is 1. The Balaban J connectivity index is 1.70. The van der Waals surface area contributed by atoms with Gasteiger partial charge in [-0.2, -0.15) is 5.10 Å². The lowest BCUT2D eigenvalue weighted by molar-refractivity contribution is -0.136. The highest BCUT2D eigenvalue weighted by molar-refractivity contribution is 5.77. The van der Waals surface area contributed by atoms with Crippen molar-refractivity contribution in [3.8, 4) is 0 Å². The van der Waals surface area contributed by atoms with Gasteiger partial charge in [0.05, 0.1) is 6.54 Å². The molecule has 1 atom stereocenters. The maximum atomic E-state index is 13.1. The molecule has 0 unspecified atom stereocenters. The average Bonchev–Trinajstić information content (AvgIpc) is 3.12. The molecule has 0 bridgehead atoms. The quantitative estimate of drug-likeness (QED) is 0.821. The van der Waals surface area contributed by atoms with Gasteiger partial charge in [0, 0.05) is 24.5 Å². The third-order valence-electron chi connectivity index (χ3n) is 6.29. The minimum atomic E-state index is 0.108. The number of carbonyl (C=O) groups excluding carboxylic acids is 1. The highest BCUT2D eigenvalue weighted by atomic mass is 16.2. The van der Waals surface area contributed by atoms with Crippen molar-refractivity contribution in [1.29, 1.82) is 0 Å². The van der Waals surface area contributed by atoms with Crippen molar-refractivity contribution in [3.63, 3.8) is 0 Å². The van der Waals surface area contributed by atoms with Crippen molar-refractivity contribution in [2.45, 2.75) is 83.8 Å². The zero-order chi connectivity index (χ0) is 18.0. The van der Waals surface area contributed by atoms with Crippen LogP contribution in [0.25, 0.3) is 0 Å². The second-order valence-electron chi connectivity index (χ2n) is 7.90. The van der Waals surface area contributed by atoms with Gasteiger partial charge in [0.2, 0.25) is 5.91 Å². The van der Waals surface area contributed by atoms with E-state index in [1.54, 1.807) is 0 Å². The van der Waals surface area contributed by atoms with Gasteiger partial charge in [-0.3, -0.25) is 4.79 Å². The predicted molar refractivity (Wildman–Crippen MR) is 98.4 cm³/mol. The summed E-state index contributed by atoms with van der Waals surface area (Å²) in [5, 5.41) is 4.40. The van der Waals surface area contributed by atoms with Crippen LogP contribution in [0.15, 0.2) is 0 Å². The van der Waals surface area contributed by atoms with Crippen LogP contribution >= 0.6 is 0 Å². The fourth-order valence-electron chi connectivity index (χ4n) is 4.73. The molecule has 1 saturated carbocycles. The van der Waals surface area contributed by atoms with Crippen molar-refractivity contribution in [2.24, 2.45) is 0 Å². The maximum Gasteiger partial charge on any atom is 0.224 e. The first-order valence-electron chi connectivity index (χ1n) is 9.84. The molecule has 1 aromatic heterocycles. The zero-order valence-corrected chi connectivity index (χ0v) is 16.3. The van der Waals surface area contributed by atoms with Gasteiger partial charge in [0.15, 0.2) is 0 Å². The van der Waals surface area contributed by atoms with E-state index in [0.717, 1.165) is 31.2 Å². The Kier molecular flexibility index (Phi) is 5.46. The molecule has 6 nitrogen and oxygen atoms in total. The monoisotopic (exact) mass is 347 g/mol. The Morgan fingerprint density at radius 1 is 1.28 bits per heavy atom. The van der Waals surface area contributed by atoms with Gasteiger partial charge in [-0.25, -0.2) is 9.67 Å². The lowest BCUT2D eigenvalue weighted by atomic mass is 9.79. The number of amides is 1. The summed E-state index contributed by atoms with van der Waals surface area (Å²) in [5.41, 5.74) is 0.108. The van der Waals surface area contributed by atoms with Gasteiger partial charge in [-0.15, -0.1) is 0 Å². The van der Waals surface area contributed by atoms with Gasteiger partial charge < -0.3 is 9.80 Å². The Morgan fingerprint density at radius 3 is 2.60 bits per heavy atom. The Bertz CT molecular complexity index is 605. The summed E-state index contributed by atoms with van der Waals surface area (Å²) >= 11 is 0. The fourth-order valence-corrected chi connectivity index (χ4v) is 4.73. The van der Waals surface area contributed by atoms with Crippen LogP contribution in [0.2, 0.25) is 0 Å². The molecule has 6 heteroatoms. The van der Waals surface area contributed by atoms with E-state index in [-0.39, 0.29) is 5.54 Å². The summed E-state index contributed by atoms with van der Waals surface area (Å²) in [6.07, 6.45) is 7.85. The van der Waals surface area contributed by atoms with E-state index in [4.69, 9.17) is 0 Å². The van der Waals surface area contributed by atoms with Crippen LogP contribution in [-0.4, -0.2) is 62.2 Å². The zero-order valence-electron chi connectivity index (χ0n) is 16.3. The predicted octanol–water partition coefficient (Wildman–Crippen LogP) is 2.54. The molecule has 140 valence electrons. The van der Waals surface area contributed by atoms with Crippen molar-refractivity contribution in [3.05, 3.63) is 11.6 Å². The number of carbonyl (C=O) groups is 1. The molecule has 3 rings (SSSR count). The van der Waals surface area contributed by atoms with Crippen LogP contribution in [0.4, 0.5) is 0 Å². The molecule has 1 saturated heterocycles. The molecular weight excluding hydrogens is 314 g/mol. The molecule has 1 aromatic rings. The van der Waals surface area contributed by atoms with E-state index in [2.05, 4.69) is 33.9 Å². The largest absolute Gasteiger partial charge is 0.335 e. The van der Waals surface area contributed by atoms with Crippen molar-refractivity contribution in [1.82, 2.24) is 24.6 Å². The van der Waals surface area contributed by atoms with Gasteiger partial charge in [-0.1, -0.05) is 26.2 Å². The number of nitrogens with zero attached hydrogens (tertiary/aromatic N) is 5. The van der Waals surface area contributed by atoms with E-state index in [1.807, 2.05) is 18.5 Å². The molecule has 0 N–H and O–H groups in total. The summed E-state index contributed by atoms with van der Waals surface area (Å²) < 4.78 is 1.87. The summed E-state index contributed by atoms with van der Waals surface area (Å²) in [5.74, 6) is 1.96. The number of hydrogen-bond acceptors (Lipinski definition) is 4. The van der Waals surface area contributed by atoms with Crippen LogP contribution in [0.3, 0.4) is 0 Å². The minimum absolute atomic E-state index is 0.108. The number of aryl methyl sites for hydroxylation is 3. The third-order valence-corrected chi connectivity index (χ3v) is 6.29. The molecule has 1 amide bonds. The smallest absolute Gasteiger partial charge is 0.224 e. The van der Waals surface area contributed by atoms with Gasteiger partial charge >= 0.3 is 0 Å². The first kappa shape index (κ1) is 18.4. The van der Waals surface area contributed by atoms with Crippen LogP contribution in [0.1, 0.15) is 63.5 Å². The Hall–Kier alpha value is -1.43. The van der Waals surface area contributed by atoms with E-state index < -0.39 is 0 Å². The number of likely N-dealkylation sites (tertiary alicyclic amines) is 1. The van der Waals surface area contributed by atoms with Crippen molar-refractivity contribution < 1.29 is 4.79 Å². The summed E-state index contributed by atoms with van der Waals surface area (Å²) in [6, 6.07) is 0.502. The van der Waals surface area contributed by atoms with Gasteiger partial charge in [0.1, 0.15) is 11.6 Å². The summed E-state index contributed by atoms with van der Waals surface area (Å²) in [4.78, 5) is 22.1. The number of hydrogen-bond donors (Lipinski definition) is 0. The van der Waals surface area contributed by atoms with E-state index in [9.17, 15) is 4.79 Å². The lowest BCUT2D eigenvalue weighted by Crippen LogP contribution is -2.48. The maximum absolute atomic E-state index is 13.1. The molecule has 1 aliphatic carbocycles. The molecule has 2 fully saturated rings. The number of rotatable bonds is 5. The Labute approximate surface area is 151 Å². The molecule has 25 heavy (non-hydrogen) atoms. The second-order valence-corrected chi connectivity index (χ2v) is 7.90. The fraction of sp³-hybridized carbons (Fsp3) is 0.842. The normalized spacial score (nSPS) is 22.9. The van der Waals surface area contributed by atoms with Crippen LogP contribution in [0, 0.1) is 13.8 Å². The van der Waals surface area contributed by atoms with Crippen LogP contribution in [-0.2, 0) is 11.3 Å². The molecule has 1 aliphatic heterocycles.